The number of esters is 1. The Kier molecular flexibility index (Phi) is 9.30. The monoisotopic (exact) mass is 300 g/mol. The van der Waals surface area contributed by atoms with Crippen LogP contribution in [0.1, 0.15) is 46.0 Å². The lowest BCUT2D eigenvalue weighted by Gasteiger charge is -2.15. The molecule has 2 unspecified atom stereocenters. The normalized spacial score (nSPS) is 19.0. The van der Waals surface area contributed by atoms with Gasteiger partial charge in [-0.2, -0.15) is 0 Å². The Labute approximate surface area is 127 Å². The molecule has 1 heterocycles. The van der Waals surface area contributed by atoms with Gasteiger partial charge in [0, 0.05) is 12.8 Å². The predicted molar refractivity (Wildman–Crippen MR) is 79.7 cm³/mol. The van der Waals surface area contributed by atoms with E-state index in [1.165, 1.54) is 0 Å². The van der Waals surface area contributed by atoms with Crippen LogP contribution in [0.4, 0.5) is 0 Å². The zero-order valence-corrected chi connectivity index (χ0v) is 13.1. The Hall–Kier alpha value is -0.910. The van der Waals surface area contributed by atoms with Crippen LogP contribution in [0.5, 0.6) is 0 Å². The van der Waals surface area contributed by atoms with Crippen molar-refractivity contribution in [2.45, 2.75) is 58.3 Å². The zero-order chi connectivity index (χ0) is 15.5. The van der Waals surface area contributed by atoms with Crippen molar-refractivity contribution in [3.05, 3.63) is 12.2 Å². The Bertz CT molecular complexity index is 310. The first-order valence-corrected chi connectivity index (χ1v) is 7.85. The van der Waals surface area contributed by atoms with E-state index in [0.717, 1.165) is 12.8 Å². The van der Waals surface area contributed by atoms with Gasteiger partial charge in [-0.05, 0) is 32.1 Å². The summed E-state index contributed by atoms with van der Waals surface area (Å²) in [5.74, 6) is 0.231. The van der Waals surface area contributed by atoms with E-state index < -0.39 is 0 Å². The summed E-state index contributed by atoms with van der Waals surface area (Å²) in [7, 11) is 0. The van der Waals surface area contributed by atoms with Gasteiger partial charge in [-0.15, -0.1) is 0 Å². The number of hydrogen-bond donors (Lipinski definition) is 1. The van der Waals surface area contributed by atoms with Crippen LogP contribution in [0.3, 0.4) is 0 Å². The van der Waals surface area contributed by atoms with E-state index in [1.807, 2.05) is 13.0 Å². The highest BCUT2D eigenvalue weighted by Gasteiger charge is 2.20. The molecule has 0 aliphatic carbocycles. The van der Waals surface area contributed by atoms with E-state index in [-0.39, 0.29) is 18.4 Å². The first-order valence-electron chi connectivity index (χ1n) is 7.85. The molecule has 122 valence electrons. The number of rotatable bonds is 10. The fraction of sp³-hybridized carbons (Fsp3) is 0.812. The molecule has 21 heavy (non-hydrogen) atoms. The van der Waals surface area contributed by atoms with Crippen LogP contribution in [0.2, 0.25) is 0 Å². The molecule has 1 aliphatic rings. The molecule has 0 aromatic carbocycles. The number of ether oxygens (including phenoxy) is 3. The topological polar surface area (TPSA) is 65.0 Å². The van der Waals surface area contributed by atoms with Crippen molar-refractivity contribution in [1.82, 2.24) is 0 Å². The van der Waals surface area contributed by atoms with Crippen LogP contribution in [0.15, 0.2) is 12.2 Å². The van der Waals surface area contributed by atoms with E-state index in [1.54, 1.807) is 0 Å². The fourth-order valence-corrected chi connectivity index (χ4v) is 2.20. The third-order valence-electron chi connectivity index (χ3n) is 3.40. The van der Waals surface area contributed by atoms with Crippen LogP contribution >= 0.6 is 0 Å². The smallest absolute Gasteiger partial charge is 0.306 e. The number of allylic oxidation sites excluding steroid dienone is 2. The summed E-state index contributed by atoms with van der Waals surface area (Å²) in [6, 6.07) is 0. The van der Waals surface area contributed by atoms with Gasteiger partial charge in [0.25, 0.3) is 0 Å². The minimum atomic E-state index is -0.386. The lowest BCUT2D eigenvalue weighted by atomic mass is 10.0. The largest absolute Gasteiger partial charge is 0.466 e. The van der Waals surface area contributed by atoms with Gasteiger partial charge >= 0.3 is 5.97 Å². The molecule has 1 rings (SSSR count). The molecule has 2 atom stereocenters. The van der Waals surface area contributed by atoms with E-state index in [2.05, 4.69) is 13.0 Å². The molecule has 0 aromatic heterocycles. The summed E-state index contributed by atoms with van der Waals surface area (Å²) in [6.45, 7) is 5.60. The highest BCUT2D eigenvalue weighted by atomic mass is 16.7. The first kappa shape index (κ1) is 18.1. The van der Waals surface area contributed by atoms with Gasteiger partial charge in [0.2, 0.25) is 0 Å². The van der Waals surface area contributed by atoms with E-state index in [4.69, 9.17) is 14.2 Å². The maximum Gasteiger partial charge on any atom is 0.306 e. The van der Waals surface area contributed by atoms with Gasteiger partial charge in [0.05, 0.1) is 25.9 Å². The summed E-state index contributed by atoms with van der Waals surface area (Å²) in [4.78, 5) is 11.2. The molecule has 1 aliphatic heterocycles. The van der Waals surface area contributed by atoms with E-state index in [9.17, 15) is 9.90 Å². The number of hydrogen-bond acceptors (Lipinski definition) is 5. The van der Waals surface area contributed by atoms with Crippen molar-refractivity contribution in [3.63, 3.8) is 0 Å². The predicted octanol–water partition coefficient (Wildman–Crippen LogP) is 2.43. The Morgan fingerprint density at radius 1 is 1.38 bits per heavy atom. The van der Waals surface area contributed by atoms with Crippen LogP contribution in [0.25, 0.3) is 0 Å². The number of aliphatic hydroxyl groups is 1. The average molecular weight is 300 g/mol. The molecule has 1 N–H and O–H groups in total. The number of carbonyl (C=O) groups is 1. The summed E-state index contributed by atoms with van der Waals surface area (Å²) >= 11 is 0. The van der Waals surface area contributed by atoms with Crippen LogP contribution in [-0.2, 0) is 19.0 Å². The van der Waals surface area contributed by atoms with Gasteiger partial charge < -0.3 is 19.3 Å². The molecule has 0 aromatic rings. The Morgan fingerprint density at radius 2 is 2.10 bits per heavy atom. The van der Waals surface area contributed by atoms with Crippen molar-refractivity contribution < 1.29 is 24.1 Å². The second-order valence-electron chi connectivity index (χ2n) is 5.39. The maximum absolute atomic E-state index is 11.2. The Balaban J connectivity index is 2.06. The van der Waals surface area contributed by atoms with Gasteiger partial charge in [0.1, 0.15) is 0 Å². The number of carbonyl (C=O) groups excluding carboxylic acids is 1. The van der Waals surface area contributed by atoms with Crippen molar-refractivity contribution in [3.8, 4) is 0 Å². The van der Waals surface area contributed by atoms with Gasteiger partial charge in [-0.25, -0.2) is 0 Å². The summed E-state index contributed by atoms with van der Waals surface area (Å²) in [5, 5.41) is 9.92. The molecular formula is C16H28O5. The lowest BCUT2D eigenvalue weighted by Crippen LogP contribution is -2.18. The minimum absolute atomic E-state index is 0.151. The average Bonchev–Trinajstić information content (AvgIpc) is 2.94. The van der Waals surface area contributed by atoms with E-state index >= 15 is 0 Å². The highest BCUT2D eigenvalue weighted by molar-refractivity contribution is 5.69. The SMILES string of the molecule is CCOC(=O)CC/C=C\C(C)CCC(O)CC1OCCO1. The van der Waals surface area contributed by atoms with Crippen molar-refractivity contribution in [2.24, 2.45) is 5.92 Å². The third kappa shape index (κ3) is 8.86. The number of aliphatic hydroxyl groups excluding tert-OH is 1. The second-order valence-corrected chi connectivity index (χ2v) is 5.39. The summed E-state index contributed by atoms with van der Waals surface area (Å²) in [6.07, 6.45) is 6.78. The van der Waals surface area contributed by atoms with Gasteiger partial charge in [-0.3, -0.25) is 4.79 Å². The Morgan fingerprint density at radius 3 is 2.76 bits per heavy atom. The van der Waals surface area contributed by atoms with E-state index in [0.29, 0.717) is 45.0 Å². The minimum Gasteiger partial charge on any atom is -0.466 e. The maximum atomic E-state index is 11.2. The lowest BCUT2D eigenvalue weighted by molar-refractivity contribution is -0.143. The van der Waals surface area contributed by atoms with Gasteiger partial charge in [0.15, 0.2) is 6.29 Å². The zero-order valence-electron chi connectivity index (χ0n) is 13.1. The molecule has 1 fully saturated rings. The van der Waals surface area contributed by atoms with Crippen LogP contribution in [-0.4, -0.2) is 43.3 Å². The molecule has 0 saturated carbocycles. The van der Waals surface area contributed by atoms with Gasteiger partial charge in [-0.1, -0.05) is 19.1 Å². The summed E-state index contributed by atoms with van der Waals surface area (Å²) < 4.78 is 15.5. The quantitative estimate of drug-likeness (QED) is 0.496. The molecule has 0 bridgehead atoms. The first-order chi connectivity index (χ1) is 10.1. The molecule has 5 heteroatoms. The van der Waals surface area contributed by atoms with Crippen molar-refractivity contribution >= 4 is 5.97 Å². The molecule has 0 spiro atoms. The second kappa shape index (κ2) is 10.8. The molecule has 5 nitrogen and oxygen atoms in total. The van der Waals surface area contributed by atoms with Crippen molar-refractivity contribution in [1.29, 1.82) is 0 Å². The van der Waals surface area contributed by atoms with Crippen molar-refractivity contribution in [2.75, 3.05) is 19.8 Å². The standard InChI is InChI=1S/C16H28O5/c1-3-19-15(18)7-5-4-6-13(2)8-9-14(17)12-16-20-10-11-21-16/h4,6,13-14,16-17H,3,5,7-12H2,1-2H3/b6-4-. The third-order valence-corrected chi connectivity index (χ3v) is 3.40. The highest BCUT2D eigenvalue weighted by Crippen LogP contribution is 2.16. The molecular weight excluding hydrogens is 272 g/mol. The van der Waals surface area contributed by atoms with Crippen LogP contribution < -0.4 is 0 Å². The molecule has 0 radical (unpaired) electrons. The molecule has 1 saturated heterocycles. The molecule has 0 amide bonds. The van der Waals surface area contributed by atoms with Crippen LogP contribution in [0, 0.1) is 5.92 Å². The summed E-state index contributed by atoms with van der Waals surface area (Å²) in [5.41, 5.74) is 0. The fourth-order valence-electron chi connectivity index (χ4n) is 2.20.